The van der Waals surface area contributed by atoms with Crippen molar-refractivity contribution in [1.29, 1.82) is 0 Å². The second-order valence-corrected chi connectivity index (χ2v) is 11.1. The van der Waals surface area contributed by atoms with Crippen molar-refractivity contribution in [3.8, 4) is 0 Å². The van der Waals surface area contributed by atoms with Crippen LogP contribution in [0.4, 0.5) is 5.69 Å². The van der Waals surface area contributed by atoms with Crippen LogP contribution in [0.2, 0.25) is 0 Å². The van der Waals surface area contributed by atoms with E-state index in [0.717, 1.165) is 19.1 Å². The highest BCUT2D eigenvalue weighted by atomic mass is 32.2. The zero-order chi connectivity index (χ0) is 23.6. The van der Waals surface area contributed by atoms with Gasteiger partial charge in [0.05, 0.1) is 35.1 Å². The molecule has 2 heterocycles. The van der Waals surface area contributed by atoms with E-state index in [1.807, 2.05) is 12.1 Å². The standard InChI is InChI=1S/C23H25N3O5S2/c1-15(21(27)16-9-11-17(12-10-16)25-33(2,29)30)32-23-24-20-8-4-3-7-19(20)22(28)26(23)14-18-6-5-13-31-18/h3-4,7-12,15,18,25H,5-6,13-14H2,1-2H3. The smallest absolute Gasteiger partial charge is 0.262 e. The first-order valence-electron chi connectivity index (χ1n) is 10.6. The number of nitrogens with one attached hydrogen (secondary N) is 1. The number of fused-ring (bicyclic) bond motifs is 1. The largest absolute Gasteiger partial charge is 0.376 e. The second-order valence-electron chi connectivity index (χ2n) is 8.04. The van der Waals surface area contributed by atoms with Gasteiger partial charge >= 0.3 is 0 Å². The molecule has 1 aliphatic rings. The predicted octanol–water partition coefficient (Wildman–Crippen LogP) is 3.31. The van der Waals surface area contributed by atoms with Gasteiger partial charge in [0.25, 0.3) is 5.56 Å². The number of thioether (sulfide) groups is 1. The third kappa shape index (κ3) is 5.63. The summed E-state index contributed by atoms with van der Waals surface area (Å²) >= 11 is 1.23. The number of benzene rings is 2. The Hall–Kier alpha value is -2.69. The first-order chi connectivity index (χ1) is 15.7. The van der Waals surface area contributed by atoms with Crippen molar-refractivity contribution in [1.82, 2.24) is 9.55 Å². The molecule has 174 valence electrons. The van der Waals surface area contributed by atoms with E-state index in [-0.39, 0.29) is 17.4 Å². The topological polar surface area (TPSA) is 107 Å². The minimum absolute atomic E-state index is 0.0501. The van der Waals surface area contributed by atoms with Gasteiger partial charge in [-0.2, -0.15) is 0 Å². The Bertz CT molecular complexity index is 1330. The van der Waals surface area contributed by atoms with Crippen LogP contribution < -0.4 is 10.3 Å². The van der Waals surface area contributed by atoms with E-state index in [2.05, 4.69) is 9.71 Å². The lowest BCUT2D eigenvalue weighted by Gasteiger charge is -2.18. The molecule has 0 aliphatic carbocycles. The summed E-state index contributed by atoms with van der Waals surface area (Å²) in [6.45, 7) is 2.85. The number of carbonyl (C=O) groups is 1. The summed E-state index contributed by atoms with van der Waals surface area (Å²) in [4.78, 5) is 31.0. The molecule has 4 rings (SSSR count). The fourth-order valence-corrected chi connectivity index (χ4v) is 5.31. The maximum Gasteiger partial charge on any atom is 0.262 e. The van der Waals surface area contributed by atoms with E-state index in [0.29, 0.717) is 40.5 Å². The van der Waals surface area contributed by atoms with Gasteiger partial charge in [-0.1, -0.05) is 23.9 Å². The fourth-order valence-electron chi connectivity index (χ4n) is 3.75. The Balaban J connectivity index is 1.60. The summed E-state index contributed by atoms with van der Waals surface area (Å²) in [7, 11) is -3.39. The highest BCUT2D eigenvalue weighted by Crippen LogP contribution is 2.27. The zero-order valence-corrected chi connectivity index (χ0v) is 20.0. The monoisotopic (exact) mass is 487 g/mol. The van der Waals surface area contributed by atoms with Crippen LogP contribution in [0.5, 0.6) is 0 Å². The number of ketones is 1. The van der Waals surface area contributed by atoms with Gasteiger partial charge in [-0.05, 0) is 56.2 Å². The number of hydrogen-bond donors (Lipinski definition) is 1. The minimum atomic E-state index is -3.39. The second kappa shape index (κ2) is 9.66. The quantitative estimate of drug-likeness (QED) is 0.295. The Kier molecular flexibility index (Phi) is 6.87. The summed E-state index contributed by atoms with van der Waals surface area (Å²) in [5.41, 5.74) is 1.28. The molecule has 2 atom stereocenters. The molecular formula is C23H25N3O5S2. The van der Waals surface area contributed by atoms with E-state index in [1.165, 1.54) is 11.8 Å². The van der Waals surface area contributed by atoms with Gasteiger partial charge < -0.3 is 4.74 Å². The molecule has 1 saturated heterocycles. The molecule has 3 aromatic rings. The first kappa shape index (κ1) is 23.5. The maximum atomic E-state index is 13.2. The van der Waals surface area contributed by atoms with Crippen molar-refractivity contribution >= 4 is 44.2 Å². The number of hydrogen-bond acceptors (Lipinski definition) is 7. The van der Waals surface area contributed by atoms with E-state index < -0.39 is 15.3 Å². The molecule has 0 spiro atoms. The van der Waals surface area contributed by atoms with Crippen LogP contribution in [0.25, 0.3) is 10.9 Å². The molecule has 33 heavy (non-hydrogen) atoms. The fraction of sp³-hybridized carbons (Fsp3) is 0.348. The number of carbonyl (C=O) groups excluding carboxylic acids is 1. The van der Waals surface area contributed by atoms with Crippen molar-refractivity contribution in [3.63, 3.8) is 0 Å². The van der Waals surface area contributed by atoms with Gasteiger partial charge in [0.2, 0.25) is 10.0 Å². The number of nitrogens with zero attached hydrogens (tertiary/aromatic N) is 2. The molecular weight excluding hydrogens is 462 g/mol. The number of sulfonamides is 1. The Morgan fingerprint density at radius 1 is 1.24 bits per heavy atom. The van der Waals surface area contributed by atoms with Gasteiger partial charge in [0, 0.05) is 17.9 Å². The van der Waals surface area contributed by atoms with Crippen molar-refractivity contribution in [2.24, 2.45) is 0 Å². The third-order valence-electron chi connectivity index (χ3n) is 5.36. The summed E-state index contributed by atoms with van der Waals surface area (Å²) in [6.07, 6.45) is 2.86. The predicted molar refractivity (Wildman–Crippen MR) is 130 cm³/mol. The zero-order valence-electron chi connectivity index (χ0n) is 18.4. The number of ether oxygens (including phenoxy) is 1. The Labute approximate surface area is 196 Å². The third-order valence-corrected chi connectivity index (χ3v) is 7.06. The van der Waals surface area contributed by atoms with Crippen LogP contribution in [0, 0.1) is 0 Å². The first-order valence-corrected chi connectivity index (χ1v) is 13.4. The summed E-state index contributed by atoms with van der Waals surface area (Å²) in [5.74, 6) is -0.142. The highest BCUT2D eigenvalue weighted by molar-refractivity contribution is 8.00. The average molecular weight is 488 g/mol. The van der Waals surface area contributed by atoms with Crippen LogP contribution in [-0.4, -0.2) is 48.0 Å². The van der Waals surface area contributed by atoms with E-state index in [1.54, 1.807) is 47.9 Å². The lowest BCUT2D eigenvalue weighted by Crippen LogP contribution is -2.29. The summed E-state index contributed by atoms with van der Waals surface area (Å²) in [6, 6.07) is 13.4. The molecule has 0 radical (unpaired) electrons. The summed E-state index contributed by atoms with van der Waals surface area (Å²) < 4.78 is 32.5. The van der Waals surface area contributed by atoms with Crippen LogP contribution in [0.15, 0.2) is 58.5 Å². The van der Waals surface area contributed by atoms with E-state index in [4.69, 9.17) is 4.74 Å². The van der Waals surface area contributed by atoms with E-state index >= 15 is 0 Å². The van der Waals surface area contributed by atoms with Gasteiger partial charge in [-0.3, -0.25) is 18.9 Å². The van der Waals surface area contributed by atoms with Gasteiger partial charge in [-0.15, -0.1) is 0 Å². The molecule has 2 unspecified atom stereocenters. The number of Topliss-reactive ketones (excluding diaryl/α,β-unsaturated/α-hetero) is 1. The average Bonchev–Trinajstić information content (AvgIpc) is 3.28. The van der Waals surface area contributed by atoms with Gasteiger partial charge in [-0.25, -0.2) is 13.4 Å². The Morgan fingerprint density at radius 2 is 1.97 bits per heavy atom. The van der Waals surface area contributed by atoms with Gasteiger partial charge in [0.1, 0.15) is 0 Å². The van der Waals surface area contributed by atoms with Crippen molar-refractivity contribution in [3.05, 3.63) is 64.4 Å². The molecule has 1 fully saturated rings. The molecule has 0 amide bonds. The molecule has 0 bridgehead atoms. The normalized spacial score (nSPS) is 17.2. The van der Waals surface area contributed by atoms with Crippen LogP contribution in [-0.2, 0) is 21.3 Å². The number of para-hydroxylation sites is 1. The molecule has 1 aromatic heterocycles. The van der Waals surface area contributed by atoms with Crippen LogP contribution >= 0.6 is 11.8 Å². The number of aromatic nitrogens is 2. The van der Waals surface area contributed by atoms with Crippen molar-refractivity contribution in [2.75, 3.05) is 17.6 Å². The molecule has 1 N–H and O–H groups in total. The molecule has 2 aromatic carbocycles. The minimum Gasteiger partial charge on any atom is -0.376 e. The molecule has 8 nitrogen and oxygen atoms in total. The number of anilines is 1. The summed E-state index contributed by atoms with van der Waals surface area (Å²) in [5, 5.41) is 0.501. The molecule has 10 heteroatoms. The van der Waals surface area contributed by atoms with E-state index in [9.17, 15) is 18.0 Å². The lowest BCUT2D eigenvalue weighted by atomic mass is 10.1. The van der Waals surface area contributed by atoms with Crippen LogP contribution in [0.3, 0.4) is 0 Å². The highest BCUT2D eigenvalue weighted by Gasteiger charge is 2.24. The lowest BCUT2D eigenvalue weighted by molar-refractivity contribution is 0.0937. The van der Waals surface area contributed by atoms with Crippen molar-refractivity contribution in [2.45, 2.75) is 42.8 Å². The Morgan fingerprint density at radius 3 is 2.64 bits per heavy atom. The maximum absolute atomic E-state index is 13.2. The number of rotatable bonds is 8. The van der Waals surface area contributed by atoms with Crippen molar-refractivity contribution < 1.29 is 17.9 Å². The molecule has 1 aliphatic heterocycles. The van der Waals surface area contributed by atoms with Gasteiger partial charge in [0.15, 0.2) is 10.9 Å². The van der Waals surface area contributed by atoms with Crippen LogP contribution in [0.1, 0.15) is 30.1 Å². The SMILES string of the molecule is CC(Sc1nc2ccccc2c(=O)n1CC1CCCO1)C(=O)c1ccc(NS(C)(=O)=O)cc1. The molecule has 0 saturated carbocycles.